The number of nitrogens with zero attached hydrogens (tertiary/aromatic N) is 3. The van der Waals surface area contributed by atoms with Crippen molar-refractivity contribution in [2.24, 2.45) is 0 Å². The number of aryl methyl sites for hydroxylation is 1. The Balaban J connectivity index is 1.57. The van der Waals surface area contributed by atoms with Gasteiger partial charge in [0.2, 0.25) is 5.91 Å². The van der Waals surface area contributed by atoms with E-state index in [1.54, 1.807) is 18.3 Å². The summed E-state index contributed by atoms with van der Waals surface area (Å²) < 4.78 is 1.12. The van der Waals surface area contributed by atoms with Crippen LogP contribution in [-0.4, -0.2) is 42.2 Å². The Morgan fingerprint density at radius 2 is 1.79 bits per heavy atom. The van der Waals surface area contributed by atoms with Gasteiger partial charge in [0.1, 0.15) is 19.3 Å². The summed E-state index contributed by atoms with van der Waals surface area (Å²) >= 11 is 0. The summed E-state index contributed by atoms with van der Waals surface area (Å²) in [5.41, 5.74) is 2.23. The maximum atomic E-state index is 12.3. The van der Waals surface area contributed by atoms with E-state index in [1.807, 2.05) is 54.3 Å². The molecule has 1 amide bonds. The number of anilines is 1. The lowest BCUT2D eigenvalue weighted by atomic mass is 10.1. The topological polar surface area (TPSA) is 47.7 Å². The fraction of sp³-hybridized carbons (Fsp3) is 0.263. The molecule has 0 unspecified atom stereocenters. The first-order valence-corrected chi connectivity index (χ1v) is 8.12. The third-order valence-electron chi connectivity index (χ3n) is 4.23. The average Bonchev–Trinajstić information content (AvgIpc) is 2.61. The maximum Gasteiger partial charge on any atom is 0.316 e. The Morgan fingerprint density at radius 3 is 2.46 bits per heavy atom. The normalized spacial score (nSPS) is 15.0. The molecular formula is C19H22N3O2+. The van der Waals surface area contributed by atoms with E-state index in [1.165, 1.54) is 5.56 Å². The third-order valence-corrected chi connectivity index (χ3v) is 4.23. The van der Waals surface area contributed by atoms with Crippen LogP contribution in [0.2, 0.25) is 0 Å². The van der Waals surface area contributed by atoms with Crippen molar-refractivity contribution in [1.82, 2.24) is 4.90 Å². The molecule has 3 rings (SSSR count). The number of carbonyl (C=O) groups is 1. The van der Waals surface area contributed by atoms with Crippen molar-refractivity contribution in [1.29, 1.82) is 0 Å². The molecule has 0 atom stereocenters. The first-order valence-electron chi connectivity index (χ1n) is 8.12. The van der Waals surface area contributed by atoms with Gasteiger partial charge in [-0.05, 0) is 24.6 Å². The second-order valence-electron chi connectivity index (χ2n) is 5.96. The summed E-state index contributed by atoms with van der Waals surface area (Å²) in [6.07, 6.45) is 5.10. The minimum absolute atomic E-state index is 0.0279. The highest BCUT2D eigenvalue weighted by atomic mass is 16.5. The first kappa shape index (κ1) is 16.1. The molecule has 0 saturated carbocycles. The fourth-order valence-electron chi connectivity index (χ4n) is 2.78. The summed E-state index contributed by atoms with van der Waals surface area (Å²) in [5.74, 6) is 0.778. The summed E-state index contributed by atoms with van der Waals surface area (Å²) in [5, 5.41) is 9.85. The molecule has 24 heavy (non-hydrogen) atoms. The van der Waals surface area contributed by atoms with Crippen LogP contribution < -0.4 is 9.63 Å². The Kier molecular flexibility index (Phi) is 4.79. The highest BCUT2D eigenvalue weighted by molar-refractivity contribution is 5.91. The zero-order valence-corrected chi connectivity index (χ0v) is 13.8. The van der Waals surface area contributed by atoms with Crippen molar-refractivity contribution < 1.29 is 14.7 Å². The van der Waals surface area contributed by atoms with Crippen molar-refractivity contribution in [3.63, 3.8) is 0 Å². The molecule has 1 aliphatic heterocycles. The second kappa shape index (κ2) is 7.17. The van der Waals surface area contributed by atoms with Crippen LogP contribution >= 0.6 is 0 Å². The van der Waals surface area contributed by atoms with E-state index in [4.69, 9.17) is 0 Å². The number of aromatic nitrogens is 1. The molecule has 1 N–H and O–H groups in total. The van der Waals surface area contributed by atoms with Crippen molar-refractivity contribution in [3.05, 3.63) is 65.9 Å². The summed E-state index contributed by atoms with van der Waals surface area (Å²) in [7, 11) is 0. The van der Waals surface area contributed by atoms with Gasteiger partial charge in [0, 0.05) is 12.1 Å². The number of carbonyl (C=O) groups excluding carboxylic acids is 1. The SMILES string of the molecule is Cc1ccc(/C=C/C(=O)N2CCN(c3cccc[n+]3O)CC2)cc1. The standard InChI is InChI=1S/C19H22N3O2/c1-16-5-7-17(8-6-16)9-10-19(23)21-14-12-20(13-15-21)18-4-2-3-11-22(18)24/h2-11,24H,12-15H2,1H3/q+1/b10-9+. The minimum atomic E-state index is 0.0279. The van der Waals surface area contributed by atoms with Gasteiger partial charge >= 0.3 is 5.82 Å². The van der Waals surface area contributed by atoms with Crippen LogP contribution in [0.3, 0.4) is 0 Å². The predicted molar refractivity (Wildman–Crippen MR) is 92.8 cm³/mol. The molecule has 0 aliphatic carbocycles. The van der Waals surface area contributed by atoms with E-state index in [0.29, 0.717) is 26.2 Å². The number of pyridine rings is 1. The Labute approximate surface area is 142 Å². The summed E-state index contributed by atoms with van der Waals surface area (Å²) in [6.45, 7) is 4.74. The van der Waals surface area contributed by atoms with Crippen LogP contribution in [0.5, 0.6) is 0 Å². The number of piperazine rings is 1. The smallest absolute Gasteiger partial charge is 0.316 e. The molecule has 124 valence electrons. The number of hydrogen-bond donors (Lipinski definition) is 1. The molecule has 1 saturated heterocycles. The first-order chi connectivity index (χ1) is 11.6. The van der Waals surface area contributed by atoms with Crippen LogP contribution in [0.4, 0.5) is 5.82 Å². The Bertz CT molecular complexity index is 733. The van der Waals surface area contributed by atoms with E-state index >= 15 is 0 Å². The largest absolute Gasteiger partial charge is 0.350 e. The Morgan fingerprint density at radius 1 is 1.08 bits per heavy atom. The number of rotatable bonds is 3. The lowest BCUT2D eigenvalue weighted by Gasteiger charge is -2.30. The van der Waals surface area contributed by atoms with E-state index in [0.717, 1.165) is 16.1 Å². The quantitative estimate of drug-likeness (QED) is 0.533. The summed E-state index contributed by atoms with van der Waals surface area (Å²) in [6, 6.07) is 13.6. The zero-order valence-electron chi connectivity index (χ0n) is 13.8. The van der Waals surface area contributed by atoms with Crippen LogP contribution in [0.25, 0.3) is 6.08 Å². The van der Waals surface area contributed by atoms with Crippen molar-refractivity contribution in [2.45, 2.75) is 6.92 Å². The number of hydrogen-bond acceptors (Lipinski definition) is 3. The van der Waals surface area contributed by atoms with Gasteiger partial charge in [-0.2, -0.15) is 0 Å². The number of benzene rings is 1. The van der Waals surface area contributed by atoms with E-state index in [-0.39, 0.29) is 5.91 Å². The van der Waals surface area contributed by atoms with Gasteiger partial charge in [-0.3, -0.25) is 9.69 Å². The van der Waals surface area contributed by atoms with Crippen molar-refractivity contribution in [2.75, 3.05) is 31.1 Å². The molecule has 5 heteroatoms. The minimum Gasteiger partial charge on any atom is -0.350 e. The summed E-state index contributed by atoms with van der Waals surface area (Å²) in [4.78, 5) is 16.2. The molecule has 1 fully saturated rings. The average molecular weight is 324 g/mol. The monoisotopic (exact) mass is 324 g/mol. The van der Waals surface area contributed by atoms with E-state index in [2.05, 4.69) is 4.90 Å². The van der Waals surface area contributed by atoms with Gasteiger partial charge in [-0.15, -0.1) is 0 Å². The predicted octanol–water partition coefficient (Wildman–Crippen LogP) is 1.88. The zero-order chi connectivity index (χ0) is 16.9. The Hall–Kier alpha value is -2.82. The van der Waals surface area contributed by atoms with Crippen LogP contribution in [0.15, 0.2) is 54.7 Å². The highest BCUT2D eigenvalue weighted by Crippen LogP contribution is 2.12. The van der Waals surface area contributed by atoms with Crippen LogP contribution in [-0.2, 0) is 4.79 Å². The molecule has 2 aromatic rings. The van der Waals surface area contributed by atoms with Gasteiger partial charge in [-0.25, -0.2) is 0 Å². The molecule has 0 bridgehead atoms. The molecule has 0 spiro atoms. The van der Waals surface area contributed by atoms with Gasteiger partial charge in [0.25, 0.3) is 0 Å². The molecule has 1 aliphatic rings. The third kappa shape index (κ3) is 3.74. The van der Waals surface area contributed by atoms with Gasteiger partial charge in [0.05, 0.1) is 13.1 Å². The van der Waals surface area contributed by atoms with E-state index < -0.39 is 0 Å². The lowest BCUT2D eigenvalue weighted by molar-refractivity contribution is -0.894. The maximum absolute atomic E-state index is 12.3. The van der Waals surface area contributed by atoms with Crippen molar-refractivity contribution in [3.8, 4) is 0 Å². The second-order valence-corrected chi connectivity index (χ2v) is 5.96. The van der Waals surface area contributed by atoms with Gasteiger partial charge in [-0.1, -0.05) is 40.6 Å². The molecule has 5 nitrogen and oxygen atoms in total. The van der Waals surface area contributed by atoms with Crippen LogP contribution in [0.1, 0.15) is 11.1 Å². The van der Waals surface area contributed by atoms with Gasteiger partial charge in [0.15, 0.2) is 0 Å². The van der Waals surface area contributed by atoms with Gasteiger partial charge < -0.3 is 10.1 Å². The van der Waals surface area contributed by atoms with Crippen LogP contribution in [0, 0.1) is 6.92 Å². The highest BCUT2D eigenvalue weighted by Gasteiger charge is 2.26. The lowest BCUT2D eigenvalue weighted by Crippen LogP contribution is -2.51. The molecule has 2 heterocycles. The van der Waals surface area contributed by atoms with Crippen molar-refractivity contribution >= 4 is 17.8 Å². The van der Waals surface area contributed by atoms with E-state index in [9.17, 15) is 10.0 Å². The molecule has 1 aromatic heterocycles. The molecule has 1 aromatic carbocycles. The molecular weight excluding hydrogens is 302 g/mol. The number of amides is 1. The fourth-order valence-corrected chi connectivity index (χ4v) is 2.78. The molecule has 0 radical (unpaired) electrons.